The van der Waals surface area contributed by atoms with Crippen LogP contribution in [0.3, 0.4) is 0 Å². The van der Waals surface area contributed by atoms with Gasteiger partial charge in [-0.15, -0.1) is 0 Å². The molecule has 0 saturated heterocycles. The predicted octanol–water partition coefficient (Wildman–Crippen LogP) is 4.46. The number of benzene rings is 1. The van der Waals surface area contributed by atoms with Crippen molar-refractivity contribution in [3.05, 3.63) is 29.8 Å². The molecule has 1 aromatic carbocycles. The molecule has 0 aliphatic carbocycles. The number of hydrogen-bond donors (Lipinski definition) is 2. The van der Waals surface area contributed by atoms with Crippen molar-refractivity contribution in [2.24, 2.45) is 11.8 Å². The van der Waals surface area contributed by atoms with Crippen LogP contribution in [-0.4, -0.2) is 53.3 Å². The summed E-state index contributed by atoms with van der Waals surface area (Å²) in [6.45, 7) is 11.1. The van der Waals surface area contributed by atoms with E-state index in [-0.39, 0.29) is 30.1 Å². The molecule has 0 aromatic heterocycles. The van der Waals surface area contributed by atoms with Gasteiger partial charge in [-0.05, 0) is 52.4 Å². The van der Waals surface area contributed by atoms with E-state index in [2.05, 4.69) is 33.6 Å². The molecule has 7 nitrogen and oxygen atoms in total. The van der Waals surface area contributed by atoms with Gasteiger partial charge in [0.1, 0.15) is 18.2 Å². The van der Waals surface area contributed by atoms with Crippen molar-refractivity contribution in [1.82, 2.24) is 10.6 Å². The standard InChI is InChI=1S/C29H43N3O4/c1-20(2)16-21(18-26(33)36-29(3,4)5)27(34)31-24-17-22-19-32(25-13-9-8-12-23(22)25)15-11-7-6-10-14-30-28(24)35/h8-9,12-13,19-22,24H,6-7,10-11,14-18H2,1-5H3,(H-,30,31,34,35)/p+1/t21-,22?,24+/m1/s1. The molecule has 1 unspecified atom stereocenters. The van der Waals surface area contributed by atoms with E-state index >= 15 is 0 Å². The Bertz CT molecular complexity index is 964. The lowest BCUT2D eigenvalue weighted by molar-refractivity contribution is -0.433. The largest absolute Gasteiger partial charge is 0.460 e. The second-order valence-electron chi connectivity index (χ2n) is 11.6. The quantitative estimate of drug-likeness (QED) is 0.448. The number of rotatable bonds is 6. The van der Waals surface area contributed by atoms with E-state index in [0.717, 1.165) is 32.2 Å². The van der Waals surface area contributed by atoms with Gasteiger partial charge in [-0.1, -0.05) is 38.5 Å². The number of nitrogens with zero attached hydrogens (tertiary/aromatic N) is 1. The fourth-order valence-electron chi connectivity index (χ4n) is 5.13. The number of carbonyl (C=O) groups is 3. The molecular formula is C29H44N3O4+. The third-order valence-electron chi connectivity index (χ3n) is 6.71. The third-order valence-corrected chi connectivity index (χ3v) is 6.71. The summed E-state index contributed by atoms with van der Waals surface area (Å²) in [4.78, 5) is 39.3. The number of ether oxygens (including phenoxy) is 1. The first-order valence-electron chi connectivity index (χ1n) is 13.5. The highest BCUT2D eigenvalue weighted by Gasteiger charge is 2.36. The molecule has 2 aliphatic heterocycles. The fourth-order valence-corrected chi connectivity index (χ4v) is 5.13. The van der Waals surface area contributed by atoms with Crippen molar-refractivity contribution in [2.75, 3.05) is 13.1 Å². The Morgan fingerprint density at radius 3 is 2.58 bits per heavy atom. The summed E-state index contributed by atoms with van der Waals surface area (Å²) in [5.74, 6) is -1.10. The lowest BCUT2D eigenvalue weighted by Crippen LogP contribution is -2.49. The zero-order chi connectivity index (χ0) is 26.3. The molecule has 3 atom stereocenters. The highest BCUT2D eigenvalue weighted by atomic mass is 16.6. The van der Waals surface area contributed by atoms with Gasteiger partial charge in [-0.25, -0.2) is 4.58 Å². The van der Waals surface area contributed by atoms with Gasteiger partial charge in [0, 0.05) is 30.5 Å². The predicted molar refractivity (Wildman–Crippen MR) is 141 cm³/mol. The molecule has 0 fully saturated rings. The minimum atomic E-state index is -0.680. The van der Waals surface area contributed by atoms with E-state index in [1.807, 2.05) is 46.8 Å². The Morgan fingerprint density at radius 1 is 1.14 bits per heavy atom. The van der Waals surface area contributed by atoms with Crippen molar-refractivity contribution in [3.8, 4) is 0 Å². The first-order valence-corrected chi connectivity index (χ1v) is 13.5. The first kappa shape index (κ1) is 27.9. The average Bonchev–Trinajstić information content (AvgIpc) is 3.13. The summed E-state index contributed by atoms with van der Waals surface area (Å²) in [5, 5.41) is 6.06. The van der Waals surface area contributed by atoms with Crippen LogP contribution in [0.4, 0.5) is 5.69 Å². The molecule has 2 amide bonds. The lowest BCUT2D eigenvalue weighted by atomic mass is 9.91. The molecule has 36 heavy (non-hydrogen) atoms. The minimum Gasteiger partial charge on any atom is -0.460 e. The van der Waals surface area contributed by atoms with Gasteiger partial charge in [-0.3, -0.25) is 14.4 Å². The SMILES string of the molecule is CC(C)C[C@H](CC(=O)OC(C)(C)C)C(=O)N[C@H]1CC2C=[N+](CCCCCCNC1=O)c1ccccc12. The maximum Gasteiger partial charge on any atom is 0.307 e. The maximum absolute atomic E-state index is 13.5. The Morgan fingerprint density at radius 2 is 1.86 bits per heavy atom. The fraction of sp³-hybridized carbons (Fsp3) is 0.655. The van der Waals surface area contributed by atoms with Crippen molar-refractivity contribution in [2.45, 2.75) is 97.1 Å². The van der Waals surface area contributed by atoms with Crippen LogP contribution in [0.5, 0.6) is 0 Å². The van der Waals surface area contributed by atoms with E-state index in [9.17, 15) is 14.4 Å². The lowest BCUT2D eigenvalue weighted by Gasteiger charge is -2.25. The topological polar surface area (TPSA) is 87.5 Å². The van der Waals surface area contributed by atoms with Gasteiger partial charge in [0.25, 0.3) is 0 Å². The van der Waals surface area contributed by atoms with Crippen molar-refractivity contribution in [1.29, 1.82) is 0 Å². The number of nitrogens with one attached hydrogen (secondary N) is 2. The van der Waals surface area contributed by atoms with Crippen LogP contribution < -0.4 is 10.6 Å². The van der Waals surface area contributed by atoms with Crippen LogP contribution in [0, 0.1) is 11.8 Å². The molecule has 0 radical (unpaired) electrons. The number of carbonyl (C=O) groups excluding carboxylic acids is 3. The van der Waals surface area contributed by atoms with E-state index < -0.39 is 23.5 Å². The first-order chi connectivity index (χ1) is 17.0. The Labute approximate surface area is 216 Å². The molecule has 0 spiro atoms. The zero-order valence-electron chi connectivity index (χ0n) is 22.6. The molecule has 3 rings (SSSR count). The number of amides is 2. The Kier molecular flexibility index (Phi) is 9.69. The summed E-state index contributed by atoms with van der Waals surface area (Å²) >= 11 is 0. The van der Waals surface area contributed by atoms with Gasteiger partial charge >= 0.3 is 5.97 Å². The van der Waals surface area contributed by atoms with E-state index in [1.54, 1.807) is 0 Å². The molecule has 7 heteroatoms. The van der Waals surface area contributed by atoms with Crippen LogP contribution in [0.25, 0.3) is 0 Å². The van der Waals surface area contributed by atoms with Crippen LogP contribution in [0.2, 0.25) is 0 Å². The van der Waals surface area contributed by atoms with Gasteiger partial charge in [0.2, 0.25) is 17.5 Å². The molecular weight excluding hydrogens is 454 g/mol. The highest BCUT2D eigenvalue weighted by molar-refractivity contribution is 5.90. The molecule has 2 bridgehead atoms. The number of hydrogen-bond acceptors (Lipinski definition) is 4. The minimum absolute atomic E-state index is 0.00177. The monoisotopic (exact) mass is 498 g/mol. The molecule has 2 N–H and O–H groups in total. The van der Waals surface area contributed by atoms with Crippen molar-refractivity contribution >= 4 is 29.7 Å². The van der Waals surface area contributed by atoms with Gasteiger partial charge < -0.3 is 15.4 Å². The summed E-state index contributed by atoms with van der Waals surface area (Å²) in [6.07, 6.45) is 7.44. The summed E-state index contributed by atoms with van der Waals surface area (Å²) in [7, 11) is 0. The second kappa shape index (κ2) is 12.5. The average molecular weight is 499 g/mol. The number of fused-ring (bicyclic) bond motifs is 4. The normalized spacial score (nSPS) is 21.7. The third kappa shape index (κ3) is 8.17. The molecule has 2 heterocycles. The summed E-state index contributed by atoms with van der Waals surface area (Å²) < 4.78 is 7.79. The second-order valence-corrected chi connectivity index (χ2v) is 11.6. The van der Waals surface area contributed by atoms with Crippen LogP contribution in [-0.2, 0) is 19.1 Å². The van der Waals surface area contributed by atoms with E-state index in [4.69, 9.17) is 4.74 Å². The Hall–Kier alpha value is -2.70. The van der Waals surface area contributed by atoms with Crippen LogP contribution >= 0.6 is 0 Å². The smallest absolute Gasteiger partial charge is 0.307 e. The Balaban J connectivity index is 1.80. The van der Waals surface area contributed by atoms with E-state index in [1.165, 1.54) is 11.3 Å². The van der Waals surface area contributed by atoms with Gasteiger partial charge in [0.15, 0.2) is 6.21 Å². The molecule has 2 aliphatic rings. The van der Waals surface area contributed by atoms with Gasteiger partial charge in [-0.2, -0.15) is 0 Å². The van der Waals surface area contributed by atoms with E-state index in [0.29, 0.717) is 19.4 Å². The molecule has 198 valence electrons. The van der Waals surface area contributed by atoms with Crippen LogP contribution in [0.15, 0.2) is 24.3 Å². The number of esters is 1. The van der Waals surface area contributed by atoms with Gasteiger partial charge in [0.05, 0.1) is 12.3 Å². The van der Waals surface area contributed by atoms with Crippen molar-refractivity contribution in [3.63, 3.8) is 0 Å². The maximum atomic E-state index is 13.5. The highest BCUT2D eigenvalue weighted by Crippen LogP contribution is 2.34. The van der Waals surface area contributed by atoms with Crippen LogP contribution in [0.1, 0.15) is 91.0 Å². The number of para-hydroxylation sites is 1. The zero-order valence-corrected chi connectivity index (χ0v) is 22.6. The summed E-state index contributed by atoms with van der Waals surface area (Å²) in [6, 6.07) is 7.64. The van der Waals surface area contributed by atoms with Crippen molar-refractivity contribution < 1.29 is 23.7 Å². The molecule has 1 aromatic rings. The molecule has 0 saturated carbocycles. The summed E-state index contributed by atoms with van der Waals surface area (Å²) in [5.41, 5.74) is 1.77.